The number of hydrogen-bond acceptors (Lipinski definition) is 6. The molecule has 204 valence electrons. The summed E-state index contributed by atoms with van der Waals surface area (Å²) in [4.78, 5) is 19.3. The molecule has 0 saturated carbocycles. The van der Waals surface area contributed by atoms with Crippen molar-refractivity contribution in [3.8, 4) is 11.4 Å². The highest BCUT2D eigenvalue weighted by Crippen LogP contribution is 2.43. The lowest BCUT2D eigenvalue weighted by Gasteiger charge is -2.29. The maximum Gasteiger partial charge on any atom is 0.269 e. The van der Waals surface area contributed by atoms with E-state index in [2.05, 4.69) is 31.9 Å². The second-order valence-corrected chi connectivity index (χ2v) is 10.9. The quantitative estimate of drug-likeness (QED) is 0.118. The minimum Gasteiger partial charge on any atom is -0.497 e. The molecular weight excluding hydrogens is 555 g/mol. The molecule has 1 aliphatic heterocycles. The Balaban J connectivity index is 1.36. The van der Waals surface area contributed by atoms with Crippen LogP contribution in [0.15, 0.2) is 125 Å². The van der Waals surface area contributed by atoms with Gasteiger partial charge < -0.3 is 19.5 Å². The SMILES string of the molecule is COc1cccc(-n2cccc2[C@H]2[C@H](c3ccccn3)NC(=S)N2c2ccc(Sc3ccc([N+](=O)[O-])cc3)cc2)c1. The van der Waals surface area contributed by atoms with Gasteiger partial charge in [0.25, 0.3) is 5.69 Å². The van der Waals surface area contributed by atoms with Gasteiger partial charge in [-0.15, -0.1) is 0 Å². The molecule has 2 aromatic heterocycles. The smallest absolute Gasteiger partial charge is 0.269 e. The van der Waals surface area contributed by atoms with Gasteiger partial charge in [-0.2, -0.15) is 0 Å². The van der Waals surface area contributed by atoms with Crippen LogP contribution in [0.5, 0.6) is 5.75 Å². The van der Waals surface area contributed by atoms with Crippen LogP contribution in [-0.2, 0) is 0 Å². The van der Waals surface area contributed by atoms with Crippen LogP contribution in [0.4, 0.5) is 11.4 Å². The van der Waals surface area contributed by atoms with Crippen LogP contribution in [-0.4, -0.2) is 26.7 Å². The molecule has 3 heterocycles. The molecular formula is C31H25N5O3S2. The third-order valence-electron chi connectivity index (χ3n) is 6.91. The van der Waals surface area contributed by atoms with Crippen LogP contribution in [0.2, 0.25) is 0 Å². The highest BCUT2D eigenvalue weighted by molar-refractivity contribution is 7.99. The second kappa shape index (κ2) is 11.4. The monoisotopic (exact) mass is 579 g/mol. The van der Waals surface area contributed by atoms with Crippen LogP contribution in [0, 0.1) is 10.1 Å². The number of benzene rings is 3. The highest BCUT2D eigenvalue weighted by atomic mass is 32.2. The van der Waals surface area contributed by atoms with Gasteiger partial charge in [0, 0.05) is 57.5 Å². The highest BCUT2D eigenvalue weighted by Gasteiger charge is 2.42. The summed E-state index contributed by atoms with van der Waals surface area (Å²) < 4.78 is 7.64. The van der Waals surface area contributed by atoms with Crippen LogP contribution in [0.3, 0.4) is 0 Å². The number of thiocarbonyl (C=S) groups is 1. The first-order chi connectivity index (χ1) is 20.0. The Morgan fingerprint density at radius 1 is 0.927 bits per heavy atom. The average Bonchev–Trinajstić information content (AvgIpc) is 3.63. The van der Waals surface area contributed by atoms with E-state index in [0.29, 0.717) is 5.11 Å². The number of pyridine rings is 1. The van der Waals surface area contributed by atoms with Crippen molar-refractivity contribution in [3.05, 3.63) is 137 Å². The molecule has 3 aromatic carbocycles. The third kappa shape index (κ3) is 5.39. The summed E-state index contributed by atoms with van der Waals surface area (Å²) >= 11 is 7.46. The standard InChI is InChI=1S/C31H25N5O3S2/c1-39-24-7-4-6-23(20-24)34-19-5-9-28(34)30-29(27-8-2-3-18-32-27)33-31(40)35(30)21-10-14-25(15-11-21)41-26-16-12-22(13-17-26)36(37)38/h2-20,29-30H,1H3,(H,33,40)/t29-,30-/m0/s1. The number of methoxy groups -OCH3 is 1. The molecule has 10 heteroatoms. The molecule has 6 rings (SSSR count). The molecule has 0 aliphatic carbocycles. The summed E-state index contributed by atoms with van der Waals surface area (Å²) in [6.07, 6.45) is 3.84. The Hall–Kier alpha value is -4.67. The van der Waals surface area contributed by atoms with Gasteiger partial charge in [-0.25, -0.2) is 0 Å². The minimum atomic E-state index is -0.393. The summed E-state index contributed by atoms with van der Waals surface area (Å²) in [5.74, 6) is 0.779. The zero-order valence-corrected chi connectivity index (χ0v) is 23.6. The van der Waals surface area contributed by atoms with Gasteiger partial charge in [-0.1, -0.05) is 23.9 Å². The van der Waals surface area contributed by atoms with E-state index >= 15 is 0 Å². The fourth-order valence-corrected chi connectivity index (χ4v) is 6.17. The van der Waals surface area contributed by atoms with E-state index in [1.54, 1.807) is 37.2 Å². The van der Waals surface area contributed by atoms with Gasteiger partial charge in [-0.05, 0) is 85.0 Å². The van der Waals surface area contributed by atoms with Crippen molar-refractivity contribution in [1.82, 2.24) is 14.9 Å². The van der Waals surface area contributed by atoms with E-state index in [1.807, 2.05) is 72.9 Å². The Labute approximate surface area is 246 Å². The fraction of sp³-hybridized carbons (Fsp3) is 0.0968. The maximum absolute atomic E-state index is 11.0. The maximum atomic E-state index is 11.0. The number of rotatable bonds is 8. The first-order valence-corrected chi connectivity index (χ1v) is 14.1. The Bertz CT molecular complexity index is 1690. The minimum absolute atomic E-state index is 0.0759. The molecule has 0 unspecified atom stereocenters. The summed E-state index contributed by atoms with van der Waals surface area (Å²) in [5.41, 5.74) is 3.94. The second-order valence-electron chi connectivity index (χ2n) is 9.35. The number of nitrogens with zero attached hydrogens (tertiary/aromatic N) is 4. The third-order valence-corrected chi connectivity index (χ3v) is 8.24. The molecule has 0 spiro atoms. The predicted molar refractivity (Wildman–Crippen MR) is 164 cm³/mol. The largest absolute Gasteiger partial charge is 0.497 e. The van der Waals surface area contributed by atoms with E-state index in [9.17, 15) is 10.1 Å². The van der Waals surface area contributed by atoms with E-state index < -0.39 is 4.92 Å². The van der Waals surface area contributed by atoms with Crippen molar-refractivity contribution in [3.63, 3.8) is 0 Å². The molecule has 2 atom stereocenters. The molecule has 5 aromatic rings. The zero-order chi connectivity index (χ0) is 28.3. The first-order valence-electron chi connectivity index (χ1n) is 12.9. The number of aromatic nitrogens is 2. The topological polar surface area (TPSA) is 85.5 Å². The van der Waals surface area contributed by atoms with E-state index in [1.165, 1.54) is 12.1 Å². The molecule has 0 amide bonds. The predicted octanol–water partition coefficient (Wildman–Crippen LogP) is 7.12. The normalized spacial score (nSPS) is 16.4. The van der Waals surface area contributed by atoms with E-state index in [4.69, 9.17) is 17.0 Å². The van der Waals surface area contributed by atoms with Crippen LogP contribution in [0.25, 0.3) is 5.69 Å². The number of nitrogens with one attached hydrogen (secondary N) is 1. The van der Waals surface area contributed by atoms with Crippen LogP contribution in [0.1, 0.15) is 23.5 Å². The number of nitro benzene ring substituents is 1. The lowest BCUT2D eigenvalue weighted by atomic mass is 10.0. The fourth-order valence-electron chi connectivity index (χ4n) is 5.01. The molecule has 1 fully saturated rings. The summed E-state index contributed by atoms with van der Waals surface area (Å²) in [6.45, 7) is 0. The Morgan fingerprint density at radius 3 is 2.37 bits per heavy atom. The van der Waals surface area contributed by atoms with Gasteiger partial charge in [0.05, 0.1) is 23.8 Å². The lowest BCUT2D eigenvalue weighted by molar-refractivity contribution is -0.384. The average molecular weight is 580 g/mol. The Morgan fingerprint density at radius 2 is 1.68 bits per heavy atom. The van der Waals surface area contributed by atoms with Crippen molar-refractivity contribution in [1.29, 1.82) is 0 Å². The molecule has 0 radical (unpaired) electrons. The molecule has 0 bridgehead atoms. The van der Waals surface area contributed by atoms with Gasteiger partial charge >= 0.3 is 0 Å². The Kier molecular flexibility index (Phi) is 7.41. The number of non-ortho nitro benzene ring substituents is 1. The van der Waals surface area contributed by atoms with Crippen molar-refractivity contribution in [2.75, 3.05) is 12.0 Å². The van der Waals surface area contributed by atoms with Crippen molar-refractivity contribution in [2.45, 2.75) is 21.9 Å². The van der Waals surface area contributed by atoms with Crippen LogP contribution >= 0.6 is 24.0 Å². The lowest BCUT2D eigenvalue weighted by Crippen LogP contribution is -2.30. The van der Waals surface area contributed by atoms with Crippen molar-refractivity contribution in [2.24, 2.45) is 0 Å². The summed E-state index contributed by atoms with van der Waals surface area (Å²) in [6, 6.07) is 32.4. The summed E-state index contributed by atoms with van der Waals surface area (Å²) in [7, 11) is 1.66. The number of nitro groups is 1. The van der Waals surface area contributed by atoms with Gasteiger partial charge in [0.15, 0.2) is 5.11 Å². The number of anilines is 1. The van der Waals surface area contributed by atoms with Crippen LogP contribution < -0.4 is 15.0 Å². The number of ether oxygens (including phenoxy) is 1. The van der Waals surface area contributed by atoms with E-state index in [-0.39, 0.29) is 17.8 Å². The molecule has 1 N–H and O–H groups in total. The number of hydrogen-bond donors (Lipinski definition) is 1. The van der Waals surface area contributed by atoms with Gasteiger partial charge in [-0.3, -0.25) is 15.1 Å². The zero-order valence-electron chi connectivity index (χ0n) is 22.0. The molecule has 1 aliphatic rings. The molecule has 1 saturated heterocycles. The summed E-state index contributed by atoms with van der Waals surface area (Å²) in [5, 5.41) is 15.1. The van der Waals surface area contributed by atoms with Gasteiger partial charge in [0.2, 0.25) is 0 Å². The van der Waals surface area contributed by atoms with Crippen molar-refractivity contribution >= 4 is 40.5 Å². The van der Waals surface area contributed by atoms with Gasteiger partial charge in [0.1, 0.15) is 11.8 Å². The first kappa shape index (κ1) is 26.5. The molecule has 41 heavy (non-hydrogen) atoms. The molecule has 8 nitrogen and oxygen atoms in total. The van der Waals surface area contributed by atoms with E-state index in [0.717, 1.165) is 38.3 Å². The van der Waals surface area contributed by atoms with Crippen molar-refractivity contribution < 1.29 is 9.66 Å².